The summed E-state index contributed by atoms with van der Waals surface area (Å²) < 4.78 is 0. The molecule has 0 fully saturated rings. The molecule has 1 aromatic rings. The second kappa shape index (κ2) is 2.55. The van der Waals surface area contributed by atoms with Crippen LogP contribution in [0.1, 0.15) is 20.7 Å². The summed E-state index contributed by atoms with van der Waals surface area (Å²) in [6.07, 6.45) is 0. The highest BCUT2D eigenvalue weighted by molar-refractivity contribution is 6.20. The Bertz CT molecular complexity index is 421. The topological polar surface area (TPSA) is 46.2 Å². The molecule has 1 aromatic carbocycles. The van der Waals surface area contributed by atoms with Crippen molar-refractivity contribution in [2.75, 3.05) is 0 Å². The van der Waals surface area contributed by atoms with Crippen LogP contribution in [-0.2, 0) is 0 Å². The summed E-state index contributed by atoms with van der Waals surface area (Å²) in [5, 5.41) is 2.40. The molecule has 0 atom stereocenters. The number of benzene rings is 1. The molecule has 0 spiro atoms. The molecular weight excluding hydrogens is 166 g/mol. The zero-order valence-electron chi connectivity index (χ0n) is 6.83. The van der Waals surface area contributed by atoms with E-state index < -0.39 is 0 Å². The molecule has 1 aliphatic rings. The summed E-state index contributed by atoms with van der Waals surface area (Å²) >= 11 is 0. The van der Waals surface area contributed by atoms with E-state index in [2.05, 4.69) is 11.9 Å². The number of nitrogens with one attached hydrogen (secondary N) is 1. The smallest absolute Gasteiger partial charge is 0.256 e. The van der Waals surface area contributed by atoms with Crippen LogP contribution in [0.3, 0.4) is 0 Å². The van der Waals surface area contributed by atoms with Crippen molar-refractivity contribution in [3.63, 3.8) is 0 Å². The number of amides is 1. The number of Topliss-reactive ketones (excluding diaryl/α,β-unsaturated/α-hetero) is 1. The molecule has 1 heterocycles. The standard InChI is InChI=1S/C10H7NO2/c1-6-9(12)7-4-2-3-5-8(7)10(13)11-6/h2-5H,1H2,(H,11,13). The lowest BCUT2D eigenvalue weighted by molar-refractivity contribution is 0.0909. The number of hydrogen-bond acceptors (Lipinski definition) is 2. The highest BCUT2D eigenvalue weighted by Crippen LogP contribution is 2.16. The number of carbonyl (C=O) groups is 2. The average Bonchev–Trinajstić information content (AvgIpc) is 2.15. The van der Waals surface area contributed by atoms with Crippen LogP contribution in [0.2, 0.25) is 0 Å². The Morgan fingerprint density at radius 3 is 2.38 bits per heavy atom. The molecule has 0 saturated heterocycles. The van der Waals surface area contributed by atoms with Gasteiger partial charge in [-0.1, -0.05) is 24.8 Å². The van der Waals surface area contributed by atoms with Gasteiger partial charge in [-0.2, -0.15) is 0 Å². The van der Waals surface area contributed by atoms with Gasteiger partial charge in [0.05, 0.1) is 11.3 Å². The van der Waals surface area contributed by atoms with E-state index in [9.17, 15) is 9.59 Å². The summed E-state index contributed by atoms with van der Waals surface area (Å²) in [6, 6.07) is 6.69. The Labute approximate surface area is 75.1 Å². The molecule has 64 valence electrons. The number of ketones is 1. The number of allylic oxidation sites excluding steroid dienone is 1. The summed E-state index contributed by atoms with van der Waals surface area (Å²) in [5.41, 5.74) is 0.986. The van der Waals surface area contributed by atoms with E-state index in [-0.39, 0.29) is 17.4 Å². The summed E-state index contributed by atoms with van der Waals surface area (Å²) in [4.78, 5) is 22.8. The van der Waals surface area contributed by atoms with Crippen LogP contribution in [0.25, 0.3) is 0 Å². The van der Waals surface area contributed by atoms with Gasteiger partial charge < -0.3 is 5.32 Å². The van der Waals surface area contributed by atoms with E-state index >= 15 is 0 Å². The van der Waals surface area contributed by atoms with Crippen molar-refractivity contribution in [3.05, 3.63) is 47.7 Å². The van der Waals surface area contributed by atoms with Crippen LogP contribution in [0.4, 0.5) is 0 Å². The molecule has 2 rings (SSSR count). The molecule has 1 aliphatic heterocycles. The van der Waals surface area contributed by atoms with Crippen LogP contribution >= 0.6 is 0 Å². The normalized spacial score (nSPS) is 15.2. The molecule has 3 nitrogen and oxygen atoms in total. The molecular formula is C10H7NO2. The minimum Gasteiger partial charge on any atom is -0.319 e. The zero-order chi connectivity index (χ0) is 9.42. The third-order valence-corrected chi connectivity index (χ3v) is 1.95. The molecule has 0 saturated carbocycles. The predicted molar refractivity (Wildman–Crippen MR) is 47.4 cm³/mol. The first-order valence-electron chi connectivity index (χ1n) is 3.84. The molecule has 0 unspecified atom stereocenters. The van der Waals surface area contributed by atoms with E-state index in [4.69, 9.17) is 0 Å². The zero-order valence-corrected chi connectivity index (χ0v) is 6.83. The van der Waals surface area contributed by atoms with Crippen LogP contribution in [0.15, 0.2) is 36.5 Å². The number of carbonyl (C=O) groups excluding carboxylic acids is 2. The molecule has 1 amide bonds. The van der Waals surface area contributed by atoms with Gasteiger partial charge in [-0.15, -0.1) is 0 Å². The van der Waals surface area contributed by atoms with E-state index in [1.54, 1.807) is 24.3 Å². The SMILES string of the molecule is C=C1NC(=O)c2ccccc2C1=O. The molecule has 1 N–H and O–H groups in total. The lowest BCUT2D eigenvalue weighted by atomic mass is 9.98. The Kier molecular flexibility index (Phi) is 1.52. The third-order valence-electron chi connectivity index (χ3n) is 1.95. The molecule has 13 heavy (non-hydrogen) atoms. The van der Waals surface area contributed by atoms with Crippen molar-refractivity contribution >= 4 is 11.7 Å². The summed E-state index contributed by atoms with van der Waals surface area (Å²) in [6.45, 7) is 3.46. The van der Waals surface area contributed by atoms with E-state index in [1.165, 1.54) is 0 Å². The van der Waals surface area contributed by atoms with Gasteiger partial charge >= 0.3 is 0 Å². The fraction of sp³-hybridized carbons (Fsp3) is 0. The quantitative estimate of drug-likeness (QED) is 0.598. The maximum absolute atomic E-state index is 11.4. The van der Waals surface area contributed by atoms with Crippen molar-refractivity contribution in [2.45, 2.75) is 0 Å². The first kappa shape index (κ1) is 7.73. The van der Waals surface area contributed by atoms with Crippen LogP contribution in [0, 0.1) is 0 Å². The van der Waals surface area contributed by atoms with Crippen LogP contribution in [0.5, 0.6) is 0 Å². The highest BCUT2D eigenvalue weighted by atomic mass is 16.2. The van der Waals surface area contributed by atoms with E-state index in [0.29, 0.717) is 11.1 Å². The lowest BCUT2D eigenvalue weighted by Gasteiger charge is -2.16. The minimum atomic E-state index is -0.264. The van der Waals surface area contributed by atoms with Gasteiger partial charge in [0.25, 0.3) is 5.91 Å². The monoisotopic (exact) mass is 173 g/mol. The van der Waals surface area contributed by atoms with Gasteiger partial charge in [0.15, 0.2) is 0 Å². The fourth-order valence-electron chi connectivity index (χ4n) is 1.30. The number of rotatable bonds is 0. The Balaban J connectivity index is 2.67. The average molecular weight is 173 g/mol. The Morgan fingerprint density at radius 2 is 1.69 bits per heavy atom. The Morgan fingerprint density at radius 1 is 1.08 bits per heavy atom. The van der Waals surface area contributed by atoms with Crippen LogP contribution < -0.4 is 5.32 Å². The van der Waals surface area contributed by atoms with Gasteiger partial charge in [0, 0.05) is 5.56 Å². The van der Waals surface area contributed by atoms with E-state index in [0.717, 1.165) is 0 Å². The lowest BCUT2D eigenvalue weighted by Crippen LogP contribution is -2.33. The maximum Gasteiger partial charge on any atom is 0.256 e. The van der Waals surface area contributed by atoms with Crippen molar-refractivity contribution in [2.24, 2.45) is 0 Å². The predicted octanol–water partition coefficient (Wildman–Crippen LogP) is 1.13. The fourth-order valence-corrected chi connectivity index (χ4v) is 1.30. The first-order valence-corrected chi connectivity index (χ1v) is 3.84. The van der Waals surface area contributed by atoms with Crippen molar-refractivity contribution < 1.29 is 9.59 Å². The molecule has 3 heteroatoms. The first-order chi connectivity index (χ1) is 6.20. The molecule has 0 bridgehead atoms. The minimum absolute atomic E-state index is 0.142. The van der Waals surface area contributed by atoms with Crippen molar-refractivity contribution in [1.82, 2.24) is 5.32 Å². The summed E-state index contributed by atoms with van der Waals surface area (Å²) in [5.74, 6) is -0.476. The van der Waals surface area contributed by atoms with Gasteiger partial charge in [0.2, 0.25) is 5.78 Å². The third kappa shape index (κ3) is 1.05. The van der Waals surface area contributed by atoms with Crippen molar-refractivity contribution in [3.8, 4) is 0 Å². The van der Waals surface area contributed by atoms with Crippen LogP contribution in [-0.4, -0.2) is 11.7 Å². The largest absolute Gasteiger partial charge is 0.319 e. The molecule has 0 aliphatic carbocycles. The van der Waals surface area contributed by atoms with Gasteiger partial charge in [-0.25, -0.2) is 0 Å². The highest BCUT2D eigenvalue weighted by Gasteiger charge is 2.25. The molecule has 0 aromatic heterocycles. The molecule has 0 radical (unpaired) electrons. The van der Waals surface area contributed by atoms with E-state index in [1.807, 2.05) is 0 Å². The maximum atomic E-state index is 11.4. The number of fused-ring (bicyclic) bond motifs is 1. The second-order valence-electron chi connectivity index (χ2n) is 2.81. The number of hydrogen-bond donors (Lipinski definition) is 1. The van der Waals surface area contributed by atoms with Gasteiger partial charge in [0.1, 0.15) is 0 Å². The van der Waals surface area contributed by atoms with Gasteiger partial charge in [-0.3, -0.25) is 9.59 Å². The van der Waals surface area contributed by atoms with Gasteiger partial charge in [-0.05, 0) is 6.07 Å². The Hall–Kier alpha value is -1.90. The summed E-state index contributed by atoms with van der Waals surface area (Å²) in [7, 11) is 0. The second-order valence-corrected chi connectivity index (χ2v) is 2.81. The van der Waals surface area contributed by atoms with Crippen molar-refractivity contribution in [1.29, 1.82) is 0 Å².